The Bertz CT molecular complexity index is 605. The lowest BCUT2D eigenvalue weighted by Gasteiger charge is -2.23. The van der Waals surface area contributed by atoms with Crippen LogP contribution in [0.5, 0.6) is 0 Å². The molecule has 1 fully saturated rings. The molecule has 0 bridgehead atoms. The van der Waals surface area contributed by atoms with Crippen molar-refractivity contribution >= 4 is 21.4 Å². The number of hydrogen-bond acceptors (Lipinski definition) is 4. The van der Waals surface area contributed by atoms with Crippen LogP contribution in [0.4, 0.5) is 5.69 Å². The Balaban J connectivity index is 2.18. The molecule has 1 aliphatic heterocycles. The lowest BCUT2D eigenvalue weighted by molar-refractivity contribution is -0.118. The van der Waals surface area contributed by atoms with Crippen LogP contribution in [0.3, 0.4) is 0 Å². The van der Waals surface area contributed by atoms with Crippen molar-refractivity contribution in [2.75, 3.05) is 18.1 Å². The van der Waals surface area contributed by atoms with E-state index in [2.05, 4.69) is 10.6 Å². The van der Waals surface area contributed by atoms with Gasteiger partial charge in [0.2, 0.25) is 5.91 Å². The maximum atomic E-state index is 12.2. The van der Waals surface area contributed by atoms with Crippen molar-refractivity contribution in [1.29, 1.82) is 0 Å². The van der Waals surface area contributed by atoms with Crippen LogP contribution in [0.1, 0.15) is 24.8 Å². The maximum Gasteiger partial charge on any atom is 0.241 e. The molecule has 1 atom stereocenters. The summed E-state index contributed by atoms with van der Waals surface area (Å²) in [7, 11) is -3.27. The minimum Gasteiger partial charge on any atom is -0.324 e. The van der Waals surface area contributed by atoms with Crippen molar-refractivity contribution in [3.05, 3.63) is 23.8 Å². The van der Waals surface area contributed by atoms with E-state index in [9.17, 15) is 13.2 Å². The predicted octanol–water partition coefficient (Wildman–Crippen LogP) is 1.48. The third kappa shape index (κ3) is 3.58. The van der Waals surface area contributed by atoms with Crippen LogP contribution >= 0.6 is 0 Å². The van der Waals surface area contributed by atoms with Crippen LogP contribution < -0.4 is 10.6 Å². The quantitative estimate of drug-likeness (QED) is 0.886. The van der Waals surface area contributed by atoms with Gasteiger partial charge in [-0.3, -0.25) is 4.79 Å². The van der Waals surface area contributed by atoms with Crippen LogP contribution in [0.25, 0.3) is 0 Å². The van der Waals surface area contributed by atoms with Gasteiger partial charge in [0, 0.05) is 11.9 Å². The monoisotopic (exact) mass is 296 g/mol. The molecule has 1 aliphatic rings. The Morgan fingerprint density at radius 3 is 2.70 bits per heavy atom. The highest BCUT2D eigenvalue weighted by Gasteiger charge is 2.21. The highest BCUT2D eigenvalue weighted by atomic mass is 32.2. The van der Waals surface area contributed by atoms with Crippen LogP contribution in [-0.4, -0.2) is 33.2 Å². The van der Waals surface area contributed by atoms with Gasteiger partial charge in [0.1, 0.15) is 0 Å². The second-order valence-corrected chi connectivity index (χ2v) is 7.26. The van der Waals surface area contributed by atoms with Crippen molar-refractivity contribution in [1.82, 2.24) is 5.32 Å². The third-order valence-electron chi connectivity index (χ3n) is 3.52. The molecule has 5 nitrogen and oxygen atoms in total. The molecular weight excluding hydrogens is 276 g/mol. The fraction of sp³-hybridized carbons (Fsp3) is 0.500. The Hall–Kier alpha value is -1.40. The summed E-state index contributed by atoms with van der Waals surface area (Å²) in [5.41, 5.74) is 1.41. The zero-order valence-electron chi connectivity index (χ0n) is 11.8. The first kappa shape index (κ1) is 15.0. The number of anilines is 1. The highest BCUT2D eigenvalue weighted by Crippen LogP contribution is 2.21. The van der Waals surface area contributed by atoms with Gasteiger partial charge in [-0.05, 0) is 44.0 Å². The topological polar surface area (TPSA) is 75.3 Å². The largest absolute Gasteiger partial charge is 0.324 e. The summed E-state index contributed by atoms with van der Waals surface area (Å²) in [6.07, 6.45) is 4.10. The van der Waals surface area contributed by atoms with E-state index >= 15 is 0 Å². The predicted molar refractivity (Wildman–Crippen MR) is 78.6 cm³/mol. The number of piperidine rings is 1. The Morgan fingerprint density at radius 2 is 2.10 bits per heavy atom. The van der Waals surface area contributed by atoms with Gasteiger partial charge >= 0.3 is 0 Å². The van der Waals surface area contributed by atoms with Gasteiger partial charge < -0.3 is 10.6 Å². The van der Waals surface area contributed by atoms with E-state index in [-0.39, 0.29) is 16.8 Å². The smallest absolute Gasteiger partial charge is 0.241 e. The summed E-state index contributed by atoms with van der Waals surface area (Å²) >= 11 is 0. The molecule has 0 unspecified atom stereocenters. The molecule has 0 saturated carbocycles. The molecule has 0 aliphatic carbocycles. The van der Waals surface area contributed by atoms with E-state index in [1.54, 1.807) is 12.1 Å². The lowest BCUT2D eigenvalue weighted by atomic mass is 10.0. The minimum atomic E-state index is -3.27. The zero-order valence-corrected chi connectivity index (χ0v) is 12.6. The molecule has 0 spiro atoms. The maximum absolute atomic E-state index is 12.2. The number of carbonyl (C=O) groups is 1. The molecule has 110 valence electrons. The SMILES string of the molecule is Cc1ccc(S(C)(=O)=O)cc1NC(=O)[C@@H]1CCCCN1. The van der Waals surface area contributed by atoms with Crippen molar-refractivity contribution < 1.29 is 13.2 Å². The van der Waals surface area contributed by atoms with Gasteiger partial charge in [0.25, 0.3) is 0 Å². The second kappa shape index (κ2) is 5.93. The summed E-state index contributed by atoms with van der Waals surface area (Å²) in [4.78, 5) is 12.4. The summed E-state index contributed by atoms with van der Waals surface area (Å²) in [5, 5.41) is 6.00. The number of carbonyl (C=O) groups excluding carboxylic acids is 1. The van der Waals surface area contributed by atoms with Gasteiger partial charge in [-0.1, -0.05) is 12.5 Å². The van der Waals surface area contributed by atoms with Gasteiger partial charge in [-0.25, -0.2) is 8.42 Å². The number of sulfone groups is 1. The van der Waals surface area contributed by atoms with Gasteiger partial charge in [-0.15, -0.1) is 0 Å². The average Bonchev–Trinajstić information content (AvgIpc) is 2.41. The lowest BCUT2D eigenvalue weighted by Crippen LogP contribution is -2.43. The summed E-state index contributed by atoms with van der Waals surface area (Å²) < 4.78 is 23.1. The first-order valence-corrected chi connectivity index (χ1v) is 8.62. The van der Waals surface area contributed by atoms with Crippen molar-refractivity contribution in [2.24, 2.45) is 0 Å². The van der Waals surface area contributed by atoms with Crippen molar-refractivity contribution in [3.63, 3.8) is 0 Å². The second-order valence-electron chi connectivity index (χ2n) is 5.24. The average molecular weight is 296 g/mol. The number of aryl methyl sites for hydroxylation is 1. The van der Waals surface area contributed by atoms with Crippen molar-refractivity contribution in [3.8, 4) is 0 Å². The van der Waals surface area contributed by atoms with Gasteiger partial charge in [-0.2, -0.15) is 0 Å². The number of amides is 1. The minimum absolute atomic E-state index is 0.0987. The standard InChI is InChI=1S/C14H20N2O3S/c1-10-6-7-11(20(2,18)19)9-13(10)16-14(17)12-5-3-4-8-15-12/h6-7,9,12,15H,3-5,8H2,1-2H3,(H,16,17)/t12-/m0/s1. The van der Waals surface area contributed by atoms with Crippen LogP contribution in [0.2, 0.25) is 0 Å². The van der Waals surface area contributed by atoms with E-state index < -0.39 is 9.84 Å². The van der Waals surface area contributed by atoms with E-state index in [0.29, 0.717) is 5.69 Å². The van der Waals surface area contributed by atoms with Crippen LogP contribution in [0, 0.1) is 6.92 Å². The normalized spacial score (nSPS) is 19.6. The third-order valence-corrected chi connectivity index (χ3v) is 4.63. The molecule has 1 aromatic rings. The molecule has 20 heavy (non-hydrogen) atoms. The Kier molecular flexibility index (Phi) is 4.45. The van der Waals surface area contributed by atoms with E-state index in [1.807, 2.05) is 6.92 Å². The molecule has 0 aromatic heterocycles. The Labute approximate surface area is 119 Å². The number of benzene rings is 1. The Morgan fingerprint density at radius 1 is 1.35 bits per heavy atom. The first-order chi connectivity index (χ1) is 9.38. The number of nitrogens with one attached hydrogen (secondary N) is 2. The molecule has 1 amide bonds. The molecule has 1 saturated heterocycles. The fourth-order valence-electron chi connectivity index (χ4n) is 2.26. The number of rotatable bonds is 3. The van der Waals surface area contributed by atoms with Gasteiger partial charge in [0.15, 0.2) is 9.84 Å². The molecular formula is C14H20N2O3S. The fourth-order valence-corrected chi connectivity index (χ4v) is 2.91. The molecule has 1 aromatic carbocycles. The molecule has 2 rings (SSSR count). The summed E-state index contributed by atoms with van der Waals surface area (Å²) in [6.45, 7) is 2.69. The zero-order chi connectivity index (χ0) is 14.8. The van der Waals surface area contributed by atoms with Crippen LogP contribution in [0.15, 0.2) is 23.1 Å². The number of hydrogen-bond donors (Lipinski definition) is 2. The molecule has 6 heteroatoms. The first-order valence-electron chi connectivity index (χ1n) is 6.73. The van der Waals surface area contributed by atoms with E-state index in [0.717, 1.165) is 37.6 Å². The van der Waals surface area contributed by atoms with E-state index in [4.69, 9.17) is 0 Å². The summed E-state index contributed by atoms with van der Waals surface area (Å²) in [6, 6.07) is 4.59. The highest BCUT2D eigenvalue weighted by molar-refractivity contribution is 7.90. The van der Waals surface area contributed by atoms with Crippen LogP contribution in [-0.2, 0) is 14.6 Å². The van der Waals surface area contributed by atoms with Crippen molar-refractivity contribution in [2.45, 2.75) is 37.1 Å². The molecule has 1 heterocycles. The molecule has 2 N–H and O–H groups in total. The van der Waals surface area contributed by atoms with Gasteiger partial charge in [0.05, 0.1) is 10.9 Å². The molecule has 0 radical (unpaired) electrons. The summed E-state index contributed by atoms with van der Waals surface area (Å²) in [5.74, 6) is -0.0987. The van der Waals surface area contributed by atoms with E-state index in [1.165, 1.54) is 6.07 Å².